The van der Waals surface area contributed by atoms with Crippen LogP contribution in [0.3, 0.4) is 0 Å². The first-order chi connectivity index (χ1) is 13.0. The highest BCUT2D eigenvalue weighted by atomic mass is 19.1. The Hall–Kier alpha value is -2.64. The van der Waals surface area contributed by atoms with Gasteiger partial charge in [-0.15, -0.1) is 0 Å². The molecule has 2 fully saturated rings. The van der Waals surface area contributed by atoms with Gasteiger partial charge in [0.25, 0.3) is 5.91 Å². The van der Waals surface area contributed by atoms with Gasteiger partial charge in [-0.25, -0.2) is 4.39 Å². The third-order valence-corrected chi connectivity index (χ3v) is 5.15. The fourth-order valence-corrected chi connectivity index (χ4v) is 3.74. The first kappa shape index (κ1) is 19.1. The standard InChI is InChI=1S/C19H23FN2O5/c1-26-11-9-13(20)17-12(15(10-11)27-2)5-3-4-8-22(19(17)25)14-6-7-16(23)21-18(14)24/h9,14H,3-8,10H2,1-2H3,(H,21,23,24). The van der Waals surface area contributed by atoms with Crippen molar-refractivity contribution in [3.05, 3.63) is 34.6 Å². The third-order valence-electron chi connectivity index (χ3n) is 5.15. The number of ether oxygens (including phenoxy) is 2. The number of halogens is 1. The number of carbonyl (C=O) groups excluding carboxylic acids is 3. The summed E-state index contributed by atoms with van der Waals surface area (Å²) in [5, 5.41) is 2.26. The topological polar surface area (TPSA) is 84.9 Å². The van der Waals surface area contributed by atoms with Crippen molar-refractivity contribution >= 4 is 17.7 Å². The van der Waals surface area contributed by atoms with E-state index >= 15 is 4.39 Å². The van der Waals surface area contributed by atoms with Crippen LogP contribution in [-0.4, -0.2) is 49.4 Å². The molecule has 3 rings (SSSR count). The number of allylic oxidation sites excluding steroid dienone is 2. The number of fused-ring (bicyclic) bond motifs is 1. The van der Waals surface area contributed by atoms with E-state index in [9.17, 15) is 14.4 Å². The Labute approximate surface area is 156 Å². The lowest BCUT2D eigenvalue weighted by Gasteiger charge is -2.35. The zero-order chi connectivity index (χ0) is 19.6. The number of nitrogens with zero attached hydrogens (tertiary/aromatic N) is 1. The average Bonchev–Trinajstić information content (AvgIpc) is 2.76. The van der Waals surface area contributed by atoms with Gasteiger partial charge in [-0.1, -0.05) is 0 Å². The molecule has 146 valence electrons. The summed E-state index contributed by atoms with van der Waals surface area (Å²) in [6.45, 7) is 0.332. The van der Waals surface area contributed by atoms with E-state index in [1.807, 2.05) is 0 Å². The number of methoxy groups -OCH3 is 2. The second kappa shape index (κ2) is 7.94. The molecular formula is C19H23FN2O5. The lowest BCUT2D eigenvalue weighted by Crippen LogP contribution is -2.55. The molecule has 1 unspecified atom stereocenters. The Morgan fingerprint density at radius 3 is 2.59 bits per heavy atom. The molecule has 0 bridgehead atoms. The van der Waals surface area contributed by atoms with Gasteiger partial charge < -0.3 is 14.4 Å². The number of imide groups is 1. The molecule has 0 radical (unpaired) electrons. The largest absolute Gasteiger partial charge is 0.501 e. The minimum atomic E-state index is -0.782. The highest BCUT2D eigenvalue weighted by Gasteiger charge is 2.38. The predicted octanol–water partition coefficient (Wildman–Crippen LogP) is 1.86. The molecule has 7 nitrogen and oxygen atoms in total. The number of carbonyl (C=O) groups is 3. The molecule has 3 aliphatic rings. The van der Waals surface area contributed by atoms with Gasteiger partial charge in [-0.3, -0.25) is 19.7 Å². The van der Waals surface area contributed by atoms with Crippen molar-refractivity contribution in [1.82, 2.24) is 10.2 Å². The molecule has 0 aromatic carbocycles. The summed E-state index contributed by atoms with van der Waals surface area (Å²) in [5.74, 6) is -1.27. The maximum Gasteiger partial charge on any atom is 0.257 e. The Kier molecular flexibility index (Phi) is 5.62. The van der Waals surface area contributed by atoms with E-state index in [2.05, 4.69) is 5.32 Å². The summed E-state index contributed by atoms with van der Waals surface area (Å²) in [5.41, 5.74) is 0.434. The van der Waals surface area contributed by atoms with E-state index in [4.69, 9.17) is 9.47 Å². The Morgan fingerprint density at radius 1 is 1.15 bits per heavy atom. The molecule has 2 heterocycles. The molecule has 2 aliphatic heterocycles. The van der Waals surface area contributed by atoms with Gasteiger partial charge in [-0.05, 0) is 25.7 Å². The lowest BCUT2D eigenvalue weighted by molar-refractivity contribution is -0.144. The highest BCUT2D eigenvalue weighted by Crippen LogP contribution is 2.36. The molecule has 27 heavy (non-hydrogen) atoms. The number of piperidine rings is 1. The molecule has 1 N–H and O–H groups in total. The monoisotopic (exact) mass is 378 g/mol. The minimum absolute atomic E-state index is 0.0803. The van der Waals surface area contributed by atoms with Gasteiger partial charge in [0.15, 0.2) is 0 Å². The van der Waals surface area contributed by atoms with Crippen molar-refractivity contribution in [3.63, 3.8) is 0 Å². The summed E-state index contributed by atoms with van der Waals surface area (Å²) in [6, 6.07) is -0.782. The molecule has 1 aliphatic carbocycles. The van der Waals surface area contributed by atoms with Gasteiger partial charge in [0.1, 0.15) is 23.4 Å². The van der Waals surface area contributed by atoms with Crippen LogP contribution in [0, 0.1) is 0 Å². The van der Waals surface area contributed by atoms with Crippen molar-refractivity contribution in [3.8, 4) is 0 Å². The van der Waals surface area contributed by atoms with E-state index in [0.717, 1.165) is 6.42 Å². The number of likely N-dealkylation sites (tertiary alicyclic amines) is 1. The van der Waals surface area contributed by atoms with Crippen LogP contribution >= 0.6 is 0 Å². The van der Waals surface area contributed by atoms with E-state index in [1.54, 1.807) is 0 Å². The maximum absolute atomic E-state index is 15.0. The molecular weight excluding hydrogens is 355 g/mol. The van der Waals surface area contributed by atoms with Crippen LogP contribution < -0.4 is 5.32 Å². The predicted molar refractivity (Wildman–Crippen MR) is 93.6 cm³/mol. The smallest absolute Gasteiger partial charge is 0.257 e. The van der Waals surface area contributed by atoms with Crippen molar-refractivity contribution in [2.24, 2.45) is 0 Å². The Bertz CT molecular complexity index is 768. The lowest BCUT2D eigenvalue weighted by atomic mass is 9.92. The van der Waals surface area contributed by atoms with Crippen molar-refractivity contribution in [2.75, 3.05) is 20.8 Å². The first-order valence-electron chi connectivity index (χ1n) is 9.01. The van der Waals surface area contributed by atoms with Gasteiger partial charge in [0.2, 0.25) is 11.8 Å². The molecule has 1 atom stereocenters. The summed E-state index contributed by atoms with van der Waals surface area (Å²) < 4.78 is 25.7. The molecule has 0 aromatic rings. The van der Waals surface area contributed by atoms with Crippen molar-refractivity contribution in [2.45, 2.75) is 44.6 Å². The number of hydrogen-bond donors (Lipinski definition) is 1. The van der Waals surface area contributed by atoms with E-state index in [1.165, 1.54) is 25.2 Å². The van der Waals surface area contributed by atoms with Gasteiger partial charge in [-0.2, -0.15) is 0 Å². The van der Waals surface area contributed by atoms with Gasteiger partial charge in [0, 0.05) is 24.6 Å². The van der Waals surface area contributed by atoms with Gasteiger partial charge >= 0.3 is 0 Å². The normalized spacial score (nSPS) is 24.6. The molecule has 0 spiro atoms. The van der Waals surface area contributed by atoms with Crippen LogP contribution in [0.5, 0.6) is 0 Å². The van der Waals surface area contributed by atoms with Crippen molar-refractivity contribution in [1.29, 1.82) is 0 Å². The molecule has 3 amide bonds. The van der Waals surface area contributed by atoms with E-state index < -0.39 is 23.7 Å². The summed E-state index contributed by atoms with van der Waals surface area (Å²) >= 11 is 0. The molecule has 2 saturated heterocycles. The molecule has 0 aromatic heterocycles. The molecule has 8 heteroatoms. The van der Waals surface area contributed by atoms with Crippen LogP contribution in [-0.2, 0) is 23.9 Å². The maximum atomic E-state index is 15.0. The summed E-state index contributed by atoms with van der Waals surface area (Å²) in [7, 11) is 2.92. The second-order valence-electron chi connectivity index (χ2n) is 6.74. The number of nitrogens with one attached hydrogen (secondary N) is 1. The van der Waals surface area contributed by atoms with E-state index in [-0.39, 0.29) is 30.7 Å². The fourth-order valence-electron chi connectivity index (χ4n) is 3.74. The van der Waals surface area contributed by atoms with Crippen LogP contribution in [0.2, 0.25) is 0 Å². The Morgan fingerprint density at radius 2 is 1.93 bits per heavy atom. The van der Waals surface area contributed by atoms with Gasteiger partial charge in [0.05, 0.1) is 26.2 Å². The first-order valence-corrected chi connectivity index (χ1v) is 9.01. The fraction of sp³-hybridized carbons (Fsp3) is 0.526. The second-order valence-corrected chi connectivity index (χ2v) is 6.74. The van der Waals surface area contributed by atoms with E-state index in [0.29, 0.717) is 36.5 Å². The Balaban J connectivity index is 2.05. The number of amides is 3. The third kappa shape index (κ3) is 3.74. The average molecular weight is 378 g/mol. The van der Waals surface area contributed by atoms with Crippen LogP contribution in [0.4, 0.5) is 4.39 Å². The number of rotatable bonds is 3. The summed E-state index contributed by atoms with van der Waals surface area (Å²) in [4.78, 5) is 38.4. The zero-order valence-electron chi connectivity index (χ0n) is 15.5. The summed E-state index contributed by atoms with van der Waals surface area (Å²) in [6.07, 6.45) is 3.74. The SMILES string of the molecule is COC1=CC(F)=C2C(=O)N(C3CCC(=O)NC3=O)CCCCC2=C(OC)C1. The minimum Gasteiger partial charge on any atom is -0.501 e. The zero-order valence-corrected chi connectivity index (χ0v) is 15.5. The number of hydrogen-bond acceptors (Lipinski definition) is 5. The highest BCUT2D eigenvalue weighted by molar-refractivity contribution is 6.05. The quantitative estimate of drug-likeness (QED) is 0.758. The van der Waals surface area contributed by atoms with Crippen molar-refractivity contribution < 1.29 is 28.2 Å². The molecule has 0 saturated carbocycles. The van der Waals surface area contributed by atoms with Crippen LogP contribution in [0.25, 0.3) is 0 Å². The van der Waals surface area contributed by atoms with Crippen LogP contribution in [0.1, 0.15) is 38.5 Å². The van der Waals surface area contributed by atoms with Crippen LogP contribution in [0.15, 0.2) is 34.6 Å².